The van der Waals surface area contributed by atoms with Crippen LogP contribution in [0.1, 0.15) is 6.92 Å². The second kappa shape index (κ2) is 8.69. The number of aromatic nitrogens is 1. The molecule has 1 unspecified atom stereocenters. The Labute approximate surface area is 177 Å². The standard InChI is InChI=1S/C20H20ClN3O2S2/c1-13(27-16-5-2-14(21)3-6-16)19(25)22-15-4-7-17-18(12-15)28-20(23-17)24-8-10-26-11-9-24/h2-7,12-13H,8-11H2,1H3,(H,22,25). The van der Waals surface area contributed by atoms with Gasteiger partial charge in [-0.2, -0.15) is 0 Å². The monoisotopic (exact) mass is 433 g/mol. The molecule has 1 atom stereocenters. The predicted molar refractivity (Wildman–Crippen MR) is 118 cm³/mol. The van der Waals surface area contributed by atoms with E-state index in [2.05, 4.69) is 10.2 Å². The Balaban J connectivity index is 1.43. The second-order valence-corrected chi connectivity index (χ2v) is 9.34. The largest absolute Gasteiger partial charge is 0.378 e. The molecule has 4 rings (SSSR count). The zero-order chi connectivity index (χ0) is 19.5. The third-order valence-electron chi connectivity index (χ3n) is 4.42. The van der Waals surface area contributed by atoms with Crippen LogP contribution in [0, 0.1) is 0 Å². The van der Waals surface area contributed by atoms with Crippen molar-refractivity contribution in [2.75, 3.05) is 36.5 Å². The molecular formula is C20H20ClN3O2S2. The predicted octanol–water partition coefficient (Wildman–Crippen LogP) is 4.91. The Bertz CT molecular complexity index is 971. The summed E-state index contributed by atoms with van der Waals surface area (Å²) in [5.41, 5.74) is 1.74. The van der Waals surface area contributed by atoms with Crippen molar-refractivity contribution < 1.29 is 9.53 Å². The van der Waals surface area contributed by atoms with E-state index in [1.807, 2.05) is 49.4 Å². The molecule has 1 N–H and O–H groups in total. The van der Waals surface area contributed by atoms with Crippen LogP contribution in [-0.2, 0) is 9.53 Å². The van der Waals surface area contributed by atoms with Crippen molar-refractivity contribution in [3.05, 3.63) is 47.5 Å². The van der Waals surface area contributed by atoms with Gasteiger partial charge in [-0.3, -0.25) is 4.79 Å². The molecule has 1 aliphatic rings. The minimum Gasteiger partial charge on any atom is -0.378 e. The number of fused-ring (bicyclic) bond motifs is 1. The number of thioether (sulfide) groups is 1. The number of nitrogens with zero attached hydrogens (tertiary/aromatic N) is 2. The van der Waals surface area contributed by atoms with Gasteiger partial charge in [-0.25, -0.2) is 4.98 Å². The van der Waals surface area contributed by atoms with Crippen LogP contribution >= 0.6 is 34.7 Å². The minimum absolute atomic E-state index is 0.0304. The summed E-state index contributed by atoms with van der Waals surface area (Å²) in [7, 11) is 0. The first-order valence-electron chi connectivity index (χ1n) is 9.05. The molecule has 146 valence electrons. The van der Waals surface area contributed by atoms with E-state index in [0.29, 0.717) is 5.02 Å². The van der Waals surface area contributed by atoms with E-state index in [-0.39, 0.29) is 11.2 Å². The average Bonchev–Trinajstić information content (AvgIpc) is 3.14. The molecule has 28 heavy (non-hydrogen) atoms. The van der Waals surface area contributed by atoms with Gasteiger partial charge in [0.1, 0.15) is 0 Å². The highest BCUT2D eigenvalue weighted by molar-refractivity contribution is 8.00. The van der Waals surface area contributed by atoms with Crippen LogP contribution in [0.25, 0.3) is 10.2 Å². The first kappa shape index (κ1) is 19.5. The van der Waals surface area contributed by atoms with Crippen molar-refractivity contribution in [3.8, 4) is 0 Å². The van der Waals surface area contributed by atoms with Crippen molar-refractivity contribution >= 4 is 61.6 Å². The van der Waals surface area contributed by atoms with Gasteiger partial charge in [-0.05, 0) is 49.4 Å². The fourth-order valence-electron chi connectivity index (χ4n) is 2.89. The smallest absolute Gasteiger partial charge is 0.237 e. The first-order valence-corrected chi connectivity index (χ1v) is 11.1. The molecule has 2 heterocycles. The van der Waals surface area contributed by atoms with E-state index in [9.17, 15) is 4.79 Å². The number of hydrogen-bond donors (Lipinski definition) is 1. The molecule has 1 aromatic heterocycles. The number of amides is 1. The summed E-state index contributed by atoms with van der Waals surface area (Å²) < 4.78 is 6.48. The number of benzene rings is 2. The lowest BCUT2D eigenvalue weighted by Gasteiger charge is -2.25. The number of halogens is 1. The lowest BCUT2D eigenvalue weighted by atomic mass is 10.3. The Kier molecular flexibility index (Phi) is 6.06. The fraction of sp³-hybridized carbons (Fsp3) is 0.300. The lowest BCUT2D eigenvalue weighted by Crippen LogP contribution is -2.36. The number of nitrogens with one attached hydrogen (secondary N) is 1. The molecule has 3 aromatic rings. The maximum atomic E-state index is 12.6. The van der Waals surface area contributed by atoms with Crippen molar-refractivity contribution in [1.82, 2.24) is 4.98 Å². The normalized spacial score (nSPS) is 15.6. The van der Waals surface area contributed by atoms with Crippen LogP contribution < -0.4 is 10.2 Å². The van der Waals surface area contributed by atoms with Crippen LogP contribution in [-0.4, -0.2) is 42.4 Å². The molecule has 0 radical (unpaired) electrons. The summed E-state index contributed by atoms with van der Waals surface area (Å²) in [6.07, 6.45) is 0. The van der Waals surface area contributed by atoms with Crippen molar-refractivity contribution in [1.29, 1.82) is 0 Å². The Morgan fingerprint density at radius 1 is 1.25 bits per heavy atom. The number of carbonyl (C=O) groups is 1. The van der Waals surface area contributed by atoms with Crippen molar-refractivity contribution in [2.24, 2.45) is 0 Å². The van der Waals surface area contributed by atoms with Crippen LogP contribution in [0.4, 0.5) is 10.8 Å². The van der Waals surface area contributed by atoms with Crippen molar-refractivity contribution in [3.63, 3.8) is 0 Å². The molecule has 1 fully saturated rings. The Morgan fingerprint density at radius 3 is 2.75 bits per heavy atom. The molecule has 0 bridgehead atoms. The molecular weight excluding hydrogens is 414 g/mol. The van der Waals surface area contributed by atoms with E-state index in [1.165, 1.54) is 11.8 Å². The van der Waals surface area contributed by atoms with E-state index < -0.39 is 0 Å². The van der Waals surface area contributed by atoms with Crippen molar-refractivity contribution in [2.45, 2.75) is 17.1 Å². The third-order valence-corrected chi connectivity index (χ3v) is 6.86. The van der Waals surface area contributed by atoms with Gasteiger partial charge in [0.05, 0.1) is 28.7 Å². The van der Waals surface area contributed by atoms with E-state index in [1.54, 1.807) is 11.3 Å². The summed E-state index contributed by atoms with van der Waals surface area (Å²) in [6.45, 7) is 5.10. The number of thiazole rings is 1. The molecule has 0 saturated carbocycles. The van der Waals surface area contributed by atoms with Gasteiger partial charge in [-0.1, -0.05) is 22.9 Å². The molecule has 1 amide bonds. The molecule has 2 aromatic carbocycles. The highest BCUT2D eigenvalue weighted by atomic mass is 35.5. The van der Waals surface area contributed by atoms with Gasteiger partial charge in [0.2, 0.25) is 5.91 Å². The summed E-state index contributed by atoms with van der Waals surface area (Å²) in [5, 5.41) is 4.49. The number of hydrogen-bond acceptors (Lipinski definition) is 6. The van der Waals surface area contributed by atoms with Gasteiger partial charge in [-0.15, -0.1) is 11.8 Å². The van der Waals surface area contributed by atoms with Gasteiger partial charge in [0, 0.05) is 28.7 Å². The Hall–Kier alpha value is -1.80. The summed E-state index contributed by atoms with van der Waals surface area (Å²) in [4.78, 5) is 20.6. The SMILES string of the molecule is CC(Sc1ccc(Cl)cc1)C(=O)Nc1ccc2nc(N3CCOCC3)sc2c1. The van der Waals surface area contributed by atoms with E-state index in [4.69, 9.17) is 21.3 Å². The molecule has 8 heteroatoms. The Morgan fingerprint density at radius 2 is 2.00 bits per heavy atom. The van der Waals surface area contributed by atoms with Gasteiger partial charge in [0.15, 0.2) is 5.13 Å². The topological polar surface area (TPSA) is 54.5 Å². The second-order valence-electron chi connectivity index (χ2n) is 6.48. The molecule has 5 nitrogen and oxygen atoms in total. The molecule has 0 aliphatic carbocycles. The summed E-state index contributed by atoms with van der Waals surface area (Å²) in [5.74, 6) is -0.0304. The quantitative estimate of drug-likeness (QED) is 0.579. The van der Waals surface area contributed by atoms with Crippen LogP contribution in [0.5, 0.6) is 0 Å². The van der Waals surface area contributed by atoms with Gasteiger partial charge >= 0.3 is 0 Å². The van der Waals surface area contributed by atoms with Crippen LogP contribution in [0.15, 0.2) is 47.4 Å². The zero-order valence-corrected chi connectivity index (χ0v) is 17.7. The average molecular weight is 434 g/mol. The molecule has 1 aliphatic heterocycles. The van der Waals surface area contributed by atoms with Gasteiger partial charge in [0.25, 0.3) is 0 Å². The maximum Gasteiger partial charge on any atom is 0.237 e. The van der Waals surface area contributed by atoms with Gasteiger partial charge < -0.3 is 15.0 Å². The number of ether oxygens (including phenoxy) is 1. The minimum atomic E-state index is -0.220. The third kappa shape index (κ3) is 4.60. The number of carbonyl (C=O) groups excluding carboxylic acids is 1. The zero-order valence-electron chi connectivity index (χ0n) is 15.4. The number of anilines is 2. The fourth-order valence-corrected chi connectivity index (χ4v) is 4.94. The highest BCUT2D eigenvalue weighted by Gasteiger charge is 2.17. The molecule has 1 saturated heterocycles. The highest BCUT2D eigenvalue weighted by Crippen LogP contribution is 2.32. The molecule has 0 spiro atoms. The van der Waals surface area contributed by atoms with Crippen LogP contribution in [0.2, 0.25) is 5.02 Å². The first-order chi connectivity index (χ1) is 13.6. The summed E-state index contributed by atoms with van der Waals surface area (Å²) in [6, 6.07) is 13.4. The van der Waals surface area contributed by atoms with Crippen LogP contribution in [0.3, 0.4) is 0 Å². The summed E-state index contributed by atoms with van der Waals surface area (Å²) >= 11 is 9.07. The lowest BCUT2D eigenvalue weighted by molar-refractivity contribution is -0.115. The maximum absolute atomic E-state index is 12.6. The van der Waals surface area contributed by atoms with E-state index in [0.717, 1.165) is 52.2 Å². The number of morpholine rings is 1. The number of rotatable bonds is 5. The van der Waals surface area contributed by atoms with E-state index >= 15 is 0 Å².